The highest BCUT2D eigenvalue weighted by Crippen LogP contribution is 2.65. The highest BCUT2D eigenvalue weighted by Gasteiger charge is 2.86. The van der Waals surface area contributed by atoms with Crippen LogP contribution >= 0.6 is 7.82 Å². The molecule has 2 aromatic rings. The molecule has 1 aliphatic carbocycles. The Morgan fingerprint density at radius 2 is 2.27 bits per heavy atom. The summed E-state index contributed by atoms with van der Waals surface area (Å²) in [4.78, 5) is 39.4. The number of fused-ring (bicyclic) bond motifs is 2. The van der Waals surface area contributed by atoms with Crippen LogP contribution in [0.1, 0.15) is 6.23 Å². The molecule has 2 aliphatic rings. The Hall–Kier alpha value is -2.33. The molecule has 2 aromatic heterocycles. The zero-order valence-corrected chi connectivity index (χ0v) is 13.5. The molecule has 3 heterocycles. The summed E-state index contributed by atoms with van der Waals surface area (Å²) in [6.07, 6.45) is 1.46. The predicted molar refractivity (Wildman–Crippen MR) is 81.0 cm³/mol. The van der Waals surface area contributed by atoms with E-state index in [0.29, 0.717) is 0 Å². The molecule has 14 heteroatoms. The van der Waals surface area contributed by atoms with E-state index >= 15 is 4.39 Å². The number of aromatic amines is 1. The minimum absolute atomic E-state index is 0.147. The molecule has 1 saturated heterocycles. The summed E-state index contributed by atoms with van der Waals surface area (Å²) >= 11 is 0. The van der Waals surface area contributed by atoms with E-state index < -0.39 is 43.1 Å². The van der Waals surface area contributed by atoms with Gasteiger partial charge < -0.3 is 25.4 Å². The van der Waals surface area contributed by atoms with Gasteiger partial charge in [-0.05, 0) is 0 Å². The van der Waals surface area contributed by atoms with E-state index in [0.717, 1.165) is 10.9 Å². The van der Waals surface area contributed by atoms with Crippen LogP contribution in [0, 0.1) is 12.3 Å². The zero-order chi connectivity index (χ0) is 19.1. The SMILES string of the molecule is C#C[C@]1(F)[C@H](n2cnc3c(=O)[nH]c(N)nc32)O[C@@H]2C(OP(=O)(O)O)[C@@]21O. The molecule has 0 radical (unpaired) electrons. The number of aromatic nitrogens is 4. The summed E-state index contributed by atoms with van der Waals surface area (Å²) in [5.41, 5.74) is -0.987. The average Bonchev–Trinajstić information content (AvgIpc) is 2.84. The van der Waals surface area contributed by atoms with Crippen LogP contribution in [0.25, 0.3) is 11.2 Å². The van der Waals surface area contributed by atoms with Gasteiger partial charge in [-0.25, -0.2) is 13.9 Å². The van der Waals surface area contributed by atoms with Gasteiger partial charge in [-0.2, -0.15) is 4.98 Å². The fourth-order valence-electron chi connectivity index (χ4n) is 3.18. The van der Waals surface area contributed by atoms with E-state index in [1.807, 2.05) is 0 Å². The van der Waals surface area contributed by atoms with Crippen molar-refractivity contribution in [2.24, 2.45) is 0 Å². The number of phosphoric acid groups is 1. The van der Waals surface area contributed by atoms with Crippen LogP contribution in [0.2, 0.25) is 0 Å². The molecule has 12 nitrogen and oxygen atoms in total. The first-order valence-corrected chi connectivity index (χ1v) is 8.56. The Morgan fingerprint density at radius 3 is 2.88 bits per heavy atom. The van der Waals surface area contributed by atoms with Crippen molar-refractivity contribution in [3.05, 3.63) is 16.7 Å². The Bertz CT molecular complexity index is 1070. The highest BCUT2D eigenvalue weighted by atomic mass is 31.2. The number of phosphoric ester groups is 1. The van der Waals surface area contributed by atoms with E-state index in [1.165, 1.54) is 0 Å². The van der Waals surface area contributed by atoms with Gasteiger partial charge in [0.2, 0.25) is 11.6 Å². The Labute approximate surface area is 143 Å². The molecule has 1 unspecified atom stereocenters. The number of halogens is 1. The van der Waals surface area contributed by atoms with Crippen LogP contribution in [0.15, 0.2) is 11.1 Å². The molecule has 0 amide bonds. The van der Waals surface area contributed by atoms with Gasteiger partial charge in [0.1, 0.15) is 12.2 Å². The molecule has 0 aromatic carbocycles. The van der Waals surface area contributed by atoms with Crippen LogP contribution in [-0.4, -0.2) is 57.9 Å². The number of nitrogen functional groups attached to an aromatic ring is 1. The summed E-state index contributed by atoms with van der Waals surface area (Å²) in [7, 11) is -5.02. The maximum Gasteiger partial charge on any atom is 0.470 e. The minimum Gasteiger partial charge on any atom is -0.380 e. The maximum absolute atomic E-state index is 15.5. The van der Waals surface area contributed by atoms with Gasteiger partial charge in [0, 0.05) is 0 Å². The van der Waals surface area contributed by atoms with Gasteiger partial charge in [-0.1, -0.05) is 5.92 Å². The van der Waals surface area contributed by atoms with Gasteiger partial charge in [-0.3, -0.25) is 18.9 Å². The first kappa shape index (κ1) is 17.1. The molecule has 1 saturated carbocycles. The van der Waals surface area contributed by atoms with Crippen molar-refractivity contribution >= 4 is 24.9 Å². The van der Waals surface area contributed by atoms with E-state index in [-0.39, 0.29) is 17.1 Å². The number of anilines is 1. The van der Waals surface area contributed by atoms with Gasteiger partial charge in [0.25, 0.3) is 5.56 Å². The number of hydrogen-bond acceptors (Lipinski definition) is 8. The molecule has 138 valence electrons. The number of terminal acetylenes is 1. The number of alkyl halides is 1. The van der Waals surface area contributed by atoms with Crippen molar-refractivity contribution in [3.8, 4) is 12.3 Å². The minimum atomic E-state index is -5.02. The van der Waals surface area contributed by atoms with Crippen molar-refractivity contribution in [1.29, 1.82) is 0 Å². The number of H-pyrrole nitrogens is 1. The second kappa shape index (κ2) is 4.89. The largest absolute Gasteiger partial charge is 0.470 e. The van der Waals surface area contributed by atoms with Gasteiger partial charge in [0.15, 0.2) is 23.0 Å². The van der Waals surface area contributed by atoms with Crippen LogP contribution < -0.4 is 11.3 Å². The molecule has 0 spiro atoms. The quantitative estimate of drug-likeness (QED) is 0.296. The van der Waals surface area contributed by atoms with Crippen molar-refractivity contribution in [1.82, 2.24) is 19.5 Å². The molecule has 1 aliphatic heterocycles. The molecule has 0 bridgehead atoms. The van der Waals surface area contributed by atoms with Crippen molar-refractivity contribution < 1.29 is 33.1 Å². The van der Waals surface area contributed by atoms with Crippen LogP contribution in [0.3, 0.4) is 0 Å². The number of imidazole rings is 1. The number of rotatable bonds is 3. The second-order valence-corrected chi connectivity index (χ2v) is 7.07. The Kier molecular flexibility index (Phi) is 3.21. The third-order valence-corrected chi connectivity index (χ3v) is 4.90. The molecule has 26 heavy (non-hydrogen) atoms. The third kappa shape index (κ3) is 2.02. The average molecular weight is 387 g/mol. The lowest BCUT2D eigenvalue weighted by Crippen LogP contribution is -2.46. The Balaban J connectivity index is 1.79. The number of hydrogen-bond donors (Lipinski definition) is 5. The summed E-state index contributed by atoms with van der Waals surface area (Å²) in [6.45, 7) is 0. The van der Waals surface area contributed by atoms with Crippen LogP contribution in [-0.2, 0) is 13.8 Å². The van der Waals surface area contributed by atoms with E-state index in [9.17, 15) is 14.5 Å². The molecule has 4 rings (SSSR count). The topological polar surface area (TPSA) is 186 Å². The first-order chi connectivity index (χ1) is 12.0. The highest BCUT2D eigenvalue weighted by molar-refractivity contribution is 7.46. The molecule has 6 N–H and O–H groups in total. The number of nitrogens with one attached hydrogen (secondary N) is 1. The van der Waals surface area contributed by atoms with Crippen LogP contribution in [0.4, 0.5) is 10.3 Å². The lowest BCUT2D eigenvalue weighted by Gasteiger charge is -2.29. The Morgan fingerprint density at radius 1 is 1.58 bits per heavy atom. The van der Waals surface area contributed by atoms with E-state index in [2.05, 4.69) is 19.5 Å². The number of aliphatic hydroxyl groups is 1. The summed E-state index contributed by atoms with van der Waals surface area (Å²) in [6, 6.07) is 0. The monoisotopic (exact) mass is 387 g/mol. The number of nitrogens with zero attached hydrogens (tertiary/aromatic N) is 3. The first-order valence-electron chi connectivity index (χ1n) is 7.03. The molecule has 2 fully saturated rings. The maximum atomic E-state index is 15.5. The third-order valence-electron chi connectivity index (χ3n) is 4.40. The lowest BCUT2D eigenvalue weighted by atomic mass is 9.96. The molecular weight excluding hydrogens is 376 g/mol. The van der Waals surface area contributed by atoms with Gasteiger partial charge >= 0.3 is 7.82 Å². The lowest BCUT2D eigenvalue weighted by molar-refractivity contribution is -0.0924. The smallest absolute Gasteiger partial charge is 0.380 e. The fraction of sp³-hybridized carbons (Fsp3) is 0.417. The molecule has 5 atom stereocenters. The number of ether oxygens (including phenoxy) is 1. The van der Waals surface area contributed by atoms with Gasteiger partial charge in [0.05, 0.1) is 6.33 Å². The summed E-state index contributed by atoms with van der Waals surface area (Å²) in [5.74, 6) is 1.49. The van der Waals surface area contributed by atoms with Crippen molar-refractivity contribution in [3.63, 3.8) is 0 Å². The summed E-state index contributed by atoms with van der Waals surface area (Å²) in [5, 5.41) is 10.5. The summed E-state index contributed by atoms with van der Waals surface area (Å²) < 4.78 is 37.1. The van der Waals surface area contributed by atoms with Crippen molar-refractivity contribution in [2.45, 2.75) is 29.7 Å². The van der Waals surface area contributed by atoms with E-state index in [1.54, 1.807) is 5.92 Å². The zero-order valence-electron chi connectivity index (χ0n) is 12.6. The number of nitrogens with two attached hydrogens (primary N) is 1. The van der Waals surface area contributed by atoms with Crippen LogP contribution in [0.5, 0.6) is 0 Å². The van der Waals surface area contributed by atoms with Gasteiger partial charge in [-0.15, -0.1) is 6.42 Å². The van der Waals surface area contributed by atoms with E-state index in [4.69, 9.17) is 26.7 Å². The standard InChI is InChI=1S/C12H11FN5O7P/c1-2-11(13)9(24-5-6(12(5,11)20)25-26(21,22)23)18-3-15-4-7(18)16-10(14)17-8(4)19/h1,3,5-6,9,20H,(H2,21,22,23)(H3,14,16,17,19)/t5-,6?,9-,11+,12+/m1/s1. The predicted octanol–water partition coefficient (Wildman–Crippen LogP) is -1.84. The second-order valence-electron chi connectivity index (χ2n) is 5.88. The normalized spacial score (nSPS) is 36.0. The molecular formula is C12H11FN5O7P. The van der Waals surface area contributed by atoms with Crippen molar-refractivity contribution in [2.75, 3.05) is 5.73 Å². The fourth-order valence-corrected chi connectivity index (χ4v) is 3.74.